The lowest BCUT2D eigenvalue weighted by molar-refractivity contribution is -0.939. The second kappa shape index (κ2) is 8.07. The van der Waals surface area contributed by atoms with Gasteiger partial charge in [-0.2, -0.15) is 0 Å². The number of nitrogens with zero attached hydrogens (tertiary/aromatic N) is 2. The number of carbonyl (C=O) groups is 2. The van der Waals surface area contributed by atoms with Gasteiger partial charge in [-0.3, -0.25) is 9.69 Å². The number of hydrogen-bond acceptors (Lipinski definition) is 4. The highest BCUT2D eigenvalue weighted by molar-refractivity contribution is 5.82. The number of ether oxygens (including phenoxy) is 1. The van der Waals surface area contributed by atoms with Gasteiger partial charge in [-0.05, 0) is 38.4 Å². The third-order valence-electron chi connectivity index (χ3n) is 7.51. The largest absolute Gasteiger partial charge is 0.454 e. The van der Waals surface area contributed by atoms with E-state index in [0.717, 1.165) is 57.4 Å². The van der Waals surface area contributed by atoms with Crippen molar-refractivity contribution in [3.63, 3.8) is 0 Å². The molecule has 0 aromatic heterocycles. The second-order valence-corrected chi connectivity index (χ2v) is 9.36. The number of likely N-dealkylation sites (tertiary alicyclic amines) is 1. The Morgan fingerprint density at radius 2 is 1.79 bits per heavy atom. The summed E-state index contributed by atoms with van der Waals surface area (Å²) in [5, 5.41) is 0. The molecule has 0 unspecified atom stereocenters. The third kappa shape index (κ3) is 3.92. The van der Waals surface area contributed by atoms with Crippen molar-refractivity contribution >= 4 is 11.9 Å². The van der Waals surface area contributed by atoms with Gasteiger partial charge in [-0.25, -0.2) is 4.79 Å². The van der Waals surface area contributed by atoms with E-state index in [2.05, 4.69) is 4.90 Å². The van der Waals surface area contributed by atoms with Crippen LogP contribution < -0.4 is 5.73 Å². The Kier molecular flexibility index (Phi) is 5.67. The Morgan fingerprint density at radius 3 is 2.41 bits per heavy atom. The Bertz CT molecular complexity index is 739. The molecule has 0 saturated carbocycles. The minimum Gasteiger partial charge on any atom is -0.454 e. The van der Waals surface area contributed by atoms with Crippen LogP contribution in [0.4, 0.5) is 0 Å². The summed E-state index contributed by atoms with van der Waals surface area (Å²) in [6, 6.07) is 10.0. The van der Waals surface area contributed by atoms with Crippen molar-refractivity contribution in [2.75, 3.05) is 39.3 Å². The van der Waals surface area contributed by atoms with Gasteiger partial charge in [0.1, 0.15) is 12.1 Å². The number of hydrogen-bond donors (Lipinski definition) is 1. The lowest BCUT2D eigenvalue weighted by Crippen LogP contribution is -2.67. The molecule has 0 spiro atoms. The number of carbonyl (C=O) groups excluding carboxylic acids is 2. The summed E-state index contributed by atoms with van der Waals surface area (Å²) in [7, 11) is 0. The SMILES string of the molecule is C[C@@](C(=O)O[C@H]1C[N+]2(CC(N)=O)CCC1CC2)(c1ccccc1)N1CCCCC1. The number of amides is 1. The fourth-order valence-corrected chi connectivity index (χ4v) is 5.69. The molecule has 4 saturated heterocycles. The lowest BCUT2D eigenvalue weighted by Gasteiger charge is -2.52. The molecule has 158 valence electrons. The number of rotatable bonds is 6. The number of esters is 1. The maximum Gasteiger partial charge on any atom is 0.331 e. The van der Waals surface area contributed by atoms with Crippen molar-refractivity contribution in [3.8, 4) is 0 Å². The minimum atomic E-state index is -0.776. The molecule has 4 aliphatic heterocycles. The summed E-state index contributed by atoms with van der Waals surface area (Å²) < 4.78 is 6.93. The molecule has 0 radical (unpaired) electrons. The molecule has 4 heterocycles. The molecular weight excluding hydrogens is 366 g/mol. The number of benzene rings is 1. The normalized spacial score (nSPS) is 31.8. The van der Waals surface area contributed by atoms with Crippen LogP contribution in [0, 0.1) is 5.92 Å². The summed E-state index contributed by atoms with van der Waals surface area (Å²) >= 11 is 0. The highest BCUT2D eigenvalue weighted by Crippen LogP contribution is 2.38. The molecule has 1 amide bonds. The highest BCUT2D eigenvalue weighted by atomic mass is 16.5. The van der Waals surface area contributed by atoms with Gasteiger partial charge in [0.05, 0.1) is 13.1 Å². The van der Waals surface area contributed by atoms with E-state index in [1.807, 2.05) is 37.3 Å². The Labute approximate surface area is 173 Å². The van der Waals surface area contributed by atoms with Crippen LogP contribution in [0.5, 0.6) is 0 Å². The first-order valence-corrected chi connectivity index (χ1v) is 11.1. The van der Waals surface area contributed by atoms with Crippen molar-refractivity contribution in [1.82, 2.24) is 4.90 Å². The molecule has 6 nitrogen and oxygen atoms in total. The first kappa shape index (κ1) is 20.4. The average molecular weight is 401 g/mol. The van der Waals surface area contributed by atoms with Gasteiger partial charge in [-0.15, -0.1) is 0 Å². The maximum atomic E-state index is 13.7. The van der Waals surface area contributed by atoms with E-state index in [0.29, 0.717) is 23.5 Å². The summed E-state index contributed by atoms with van der Waals surface area (Å²) in [4.78, 5) is 27.6. The van der Waals surface area contributed by atoms with Crippen LogP contribution in [0.15, 0.2) is 30.3 Å². The quantitative estimate of drug-likeness (QED) is 0.586. The Balaban J connectivity index is 1.56. The van der Waals surface area contributed by atoms with Crippen molar-refractivity contribution in [3.05, 3.63) is 35.9 Å². The van der Waals surface area contributed by atoms with Crippen molar-refractivity contribution in [2.45, 2.75) is 50.7 Å². The van der Waals surface area contributed by atoms with Crippen LogP contribution in [0.3, 0.4) is 0 Å². The molecule has 5 rings (SSSR count). The van der Waals surface area contributed by atoms with E-state index in [-0.39, 0.29) is 18.0 Å². The molecule has 4 aliphatic rings. The third-order valence-corrected chi connectivity index (χ3v) is 7.51. The Hall–Kier alpha value is -1.92. The van der Waals surface area contributed by atoms with Crippen LogP contribution in [-0.2, 0) is 19.9 Å². The number of primary amides is 1. The van der Waals surface area contributed by atoms with E-state index in [1.165, 1.54) is 6.42 Å². The fourth-order valence-electron chi connectivity index (χ4n) is 5.69. The monoisotopic (exact) mass is 400 g/mol. The number of fused-ring (bicyclic) bond motifs is 3. The fraction of sp³-hybridized carbons (Fsp3) is 0.652. The van der Waals surface area contributed by atoms with Gasteiger partial charge in [0.2, 0.25) is 0 Å². The van der Waals surface area contributed by atoms with Crippen molar-refractivity contribution in [1.29, 1.82) is 0 Å². The van der Waals surface area contributed by atoms with E-state index >= 15 is 0 Å². The first-order chi connectivity index (χ1) is 13.9. The molecule has 2 N–H and O–H groups in total. The predicted molar refractivity (Wildman–Crippen MR) is 111 cm³/mol. The molecular formula is C23H34N3O3+. The molecule has 0 aliphatic carbocycles. The molecule has 6 heteroatoms. The van der Waals surface area contributed by atoms with Gasteiger partial charge >= 0.3 is 5.97 Å². The maximum absolute atomic E-state index is 13.7. The number of nitrogens with two attached hydrogens (primary N) is 1. The zero-order valence-electron chi connectivity index (χ0n) is 17.5. The van der Waals surface area contributed by atoms with E-state index in [1.54, 1.807) is 0 Å². The number of piperidine rings is 4. The Morgan fingerprint density at radius 1 is 1.14 bits per heavy atom. The van der Waals surface area contributed by atoms with Gasteiger partial charge < -0.3 is 15.0 Å². The van der Waals surface area contributed by atoms with Gasteiger partial charge in [0.15, 0.2) is 12.6 Å². The smallest absolute Gasteiger partial charge is 0.331 e. The zero-order chi connectivity index (χ0) is 20.5. The standard InChI is InChI=1S/C23H33N3O3/c1-23(19-8-4-2-5-9-19,25-12-6-3-7-13-25)22(28)29-20-16-26(17-21(24)27)14-10-18(20)11-15-26/h2,4-5,8-9,18,20H,3,6-7,10-17H2,1H3,(H-,24,27)/p+1/t18?,20-,23-,26?/m0/s1. The van der Waals surface area contributed by atoms with Crippen LogP contribution in [0.2, 0.25) is 0 Å². The lowest BCUT2D eigenvalue weighted by atomic mass is 9.82. The van der Waals surface area contributed by atoms with E-state index < -0.39 is 5.54 Å². The molecule has 2 bridgehead atoms. The highest BCUT2D eigenvalue weighted by Gasteiger charge is 2.51. The summed E-state index contributed by atoms with van der Waals surface area (Å²) in [5.41, 5.74) is 5.74. The summed E-state index contributed by atoms with van der Waals surface area (Å²) in [6.45, 7) is 6.83. The van der Waals surface area contributed by atoms with Crippen LogP contribution in [-0.4, -0.2) is 66.6 Å². The molecule has 29 heavy (non-hydrogen) atoms. The van der Waals surface area contributed by atoms with Gasteiger partial charge in [-0.1, -0.05) is 36.8 Å². The first-order valence-electron chi connectivity index (χ1n) is 11.1. The molecule has 1 aromatic carbocycles. The minimum absolute atomic E-state index is 0.128. The molecule has 1 aromatic rings. The zero-order valence-corrected chi connectivity index (χ0v) is 17.5. The summed E-state index contributed by atoms with van der Waals surface area (Å²) in [5.74, 6) is -0.0207. The van der Waals surface area contributed by atoms with Crippen LogP contribution in [0.25, 0.3) is 0 Å². The van der Waals surface area contributed by atoms with Crippen LogP contribution in [0.1, 0.15) is 44.6 Å². The van der Waals surface area contributed by atoms with Gasteiger partial charge in [0.25, 0.3) is 5.91 Å². The van der Waals surface area contributed by atoms with Gasteiger partial charge in [0, 0.05) is 18.8 Å². The van der Waals surface area contributed by atoms with Crippen LogP contribution >= 0.6 is 0 Å². The van der Waals surface area contributed by atoms with E-state index in [9.17, 15) is 9.59 Å². The second-order valence-electron chi connectivity index (χ2n) is 9.36. The topological polar surface area (TPSA) is 72.6 Å². The average Bonchev–Trinajstić information content (AvgIpc) is 2.74. The van der Waals surface area contributed by atoms with Crippen molar-refractivity contribution < 1.29 is 18.8 Å². The molecule has 4 fully saturated rings. The number of quaternary nitrogens is 1. The predicted octanol–water partition coefficient (Wildman–Crippen LogP) is 2.03. The molecule has 2 atom stereocenters. The van der Waals surface area contributed by atoms with Crippen molar-refractivity contribution in [2.24, 2.45) is 11.7 Å². The van der Waals surface area contributed by atoms with E-state index in [4.69, 9.17) is 10.5 Å². The summed E-state index contributed by atoms with van der Waals surface area (Å²) in [6.07, 6.45) is 5.31.